The van der Waals surface area contributed by atoms with Crippen LogP contribution in [0, 0.1) is 23.7 Å². The lowest BCUT2D eigenvalue weighted by Crippen LogP contribution is -1.93. The zero-order valence-electron chi connectivity index (χ0n) is 12.4. The number of aliphatic carboxylic acids is 1. The molecule has 0 saturated heterocycles. The number of halogens is 1. The fraction of sp³-hybridized carbons (Fsp3) is 0.500. The normalized spacial score (nSPS) is 10.1. The summed E-state index contributed by atoms with van der Waals surface area (Å²) in [6.45, 7) is 0. The van der Waals surface area contributed by atoms with E-state index in [1.807, 2.05) is 6.08 Å². The van der Waals surface area contributed by atoms with Crippen LogP contribution in [0.4, 0.5) is 0 Å². The highest BCUT2D eigenvalue weighted by molar-refractivity contribution is 9.11. The molecule has 114 valence electrons. The highest BCUT2D eigenvalue weighted by Crippen LogP contribution is 2.02. The highest BCUT2D eigenvalue weighted by Gasteiger charge is 1.94. The van der Waals surface area contributed by atoms with Crippen LogP contribution < -0.4 is 0 Å². The third-order valence-corrected chi connectivity index (χ3v) is 2.93. The highest BCUT2D eigenvalue weighted by atomic mass is 79.9. The smallest absolute Gasteiger partial charge is 0.303 e. The van der Waals surface area contributed by atoms with Crippen molar-refractivity contribution in [1.82, 2.24) is 0 Å². The Morgan fingerprint density at radius 1 is 0.952 bits per heavy atom. The molecular weight excluding hydrogens is 328 g/mol. The Kier molecular flexibility index (Phi) is 15.5. The third-order valence-electron chi connectivity index (χ3n) is 2.67. The van der Waals surface area contributed by atoms with Crippen molar-refractivity contribution < 1.29 is 9.90 Å². The fourth-order valence-corrected chi connectivity index (χ4v) is 1.71. The number of allylic oxidation sites excluding steroid dienone is 3. The summed E-state index contributed by atoms with van der Waals surface area (Å²) in [5.74, 6) is 11.4. The van der Waals surface area contributed by atoms with Crippen molar-refractivity contribution in [1.29, 1.82) is 0 Å². The van der Waals surface area contributed by atoms with E-state index in [0.717, 1.165) is 51.4 Å². The Labute approximate surface area is 136 Å². The molecule has 0 aliphatic rings. The summed E-state index contributed by atoms with van der Waals surface area (Å²) in [4.78, 5) is 12.1. The Bertz CT molecular complexity index is 441. The van der Waals surface area contributed by atoms with Crippen molar-refractivity contribution in [3.63, 3.8) is 0 Å². The van der Waals surface area contributed by atoms with Gasteiger partial charge in [-0.15, -0.1) is 0 Å². The van der Waals surface area contributed by atoms with Gasteiger partial charge in [-0.1, -0.05) is 52.1 Å². The molecule has 0 atom stereocenters. The maximum atomic E-state index is 10.3. The van der Waals surface area contributed by atoms with E-state index < -0.39 is 5.97 Å². The molecule has 0 saturated carbocycles. The minimum Gasteiger partial charge on any atom is -0.481 e. The van der Waals surface area contributed by atoms with E-state index in [2.05, 4.69) is 45.7 Å². The number of hydrogen-bond donors (Lipinski definition) is 1. The van der Waals surface area contributed by atoms with E-state index in [-0.39, 0.29) is 6.42 Å². The molecule has 0 amide bonds. The topological polar surface area (TPSA) is 37.3 Å². The van der Waals surface area contributed by atoms with Gasteiger partial charge in [0.25, 0.3) is 0 Å². The second-order valence-electron chi connectivity index (χ2n) is 4.54. The Morgan fingerprint density at radius 3 is 2.29 bits per heavy atom. The van der Waals surface area contributed by atoms with Gasteiger partial charge in [0, 0.05) is 19.3 Å². The second kappa shape index (κ2) is 16.6. The van der Waals surface area contributed by atoms with Gasteiger partial charge in [0.15, 0.2) is 0 Å². The van der Waals surface area contributed by atoms with E-state index in [1.165, 1.54) is 0 Å². The Morgan fingerprint density at radius 2 is 1.62 bits per heavy atom. The molecule has 0 aromatic carbocycles. The van der Waals surface area contributed by atoms with Crippen LogP contribution in [0.3, 0.4) is 0 Å². The summed E-state index contributed by atoms with van der Waals surface area (Å²) in [6.07, 6.45) is 13.8. The van der Waals surface area contributed by atoms with Gasteiger partial charge in [0.05, 0.1) is 0 Å². The molecule has 0 aromatic rings. The lowest BCUT2D eigenvalue weighted by molar-refractivity contribution is -0.137. The first-order chi connectivity index (χ1) is 10.3. The molecule has 0 aromatic heterocycles. The van der Waals surface area contributed by atoms with E-state index in [1.54, 1.807) is 11.1 Å². The summed E-state index contributed by atoms with van der Waals surface area (Å²) < 4.78 is 0. The van der Waals surface area contributed by atoms with Crippen LogP contribution in [0.15, 0.2) is 23.2 Å². The van der Waals surface area contributed by atoms with Gasteiger partial charge < -0.3 is 5.11 Å². The summed E-state index contributed by atoms with van der Waals surface area (Å²) in [6, 6.07) is 0. The largest absolute Gasteiger partial charge is 0.481 e. The first kappa shape index (κ1) is 19.6. The van der Waals surface area contributed by atoms with Crippen molar-refractivity contribution in [3.8, 4) is 23.7 Å². The minimum atomic E-state index is -0.713. The summed E-state index contributed by atoms with van der Waals surface area (Å²) >= 11 is 3.17. The average molecular weight is 351 g/mol. The predicted octanol–water partition coefficient (Wildman–Crippen LogP) is 5.05. The average Bonchev–Trinajstić information content (AvgIpc) is 2.46. The minimum absolute atomic E-state index is 0.268. The van der Waals surface area contributed by atoms with Crippen LogP contribution in [0.2, 0.25) is 0 Å². The molecule has 0 bridgehead atoms. The lowest BCUT2D eigenvalue weighted by Gasteiger charge is -1.93. The van der Waals surface area contributed by atoms with Gasteiger partial charge in [0.1, 0.15) is 0 Å². The van der Waals surface area contributed by atoms with E-state index >= 15 is 0 Å². The number of rotatable bonds is 9. The van der Waals surface area contributed by atoms with Crippen LogP contribution in [0.25, 0.3) is 0 Å². The molecule has 0 heterocycles. The maximum Gasteiger partial charge on any atom is 0.303 e. The van der Waals surface area contributed by atoms with Crippen molar-refractivity contribution in [2.75, 3.05) is 0 Å². The Balaban J connectivity index is 3.38. The SMILES string of the molecule is O=C(O)CCCCCC#C/C=C/CCCCC#C/C=C/Br. The van der Waals surface area contributed by atoms with Crippen LogP contribution in [0.1, 0.15) is 57.8 Å². The first-order valence-corrected chi connectivity index (χ1v) is 8.27. The first-order valence-electron chi connectivity index (χ1n) is 7.36. The van der Waals surface area contributed by atoms with E-state index in [4.69, 9.17) is 5.11 Å². The number of carbonyl (C=O) groups is 1. The van der Waals surface area contributed by atoms with E-state index in [0.29, 0.717) is 0 Å². The van der Waals surface area contributed by atoms with Crippen LogP contribution in [0.5, 0.6) is 0 Å². The van der Waals surface area contributed by atoms with Crippen LogP contribution in [-0.2, 0) is 4.79 Å². The molecule has 2 nitrogen and oxygen atoms in total. The van der Waals surface area contributed by atoms with Crippen LogP contribution >= 0.6 is 15.9 Å². The molecule has 0 radical (unpaired) electrons. The number of carboxylic acids is 1. The fourth-order valence-electron chi connectivity index (χ4n) is 1.58. The molecule has 0 aliphatic heterocycles. The standard InChI is InChI=1S/C18H23BrO2/c19-17-15-13-11-9-7-5-3-1-2-4-6-8-10-12-14-16-18(20)21/h1-2,15,17H,3,5,7-10,12,14,16H2,(H,20,21)/b2-1+,17-15+. The maximum absolute atomic E-state index is 10.3. The predicted molar refractivity (Wildman–Crippen MR) is 91.9 cm³/mol. The molecule has 0 fully saturated rings. The molecule has 1 N–H and O–H groups in total. The molecule has 0 rings (SSSR count). The van der Waals surface area contributed by atoms with Gasteiger partial charge in [0.2, 0.25) is 0 Å². The zero-order chi connectivity index (χ0) is 15.6. The van der Waals surface area contributed by atoms with Crippen molar-refractivity contribution in [2.45, 2.75) is 57.8 Å². The number of hydrogen-bond acceptors (Lipinski definition) is 1. The van der Waals surface area contributed by atoms with Crippen molar-refractivity contribution in [3.05, 3.63) is 23.2 Å². The van der Waals surface area contributed by atoms with Gasteiger partial charge in [-0.3, -0.25) is 4.79 Å². The molecular formula is C18H23BrO2. The van der Waals surface area contributed by atoms with Gasteiger partial charge in [-0.2, -0.15) is 0 Å². The van der Waals surface area contributed by atoms with E-state index in [9.17, 15) is 4.79 Å². The van der Waals surface area contributed by atoms with Crippen LogP contribution in [-0.4, -0.2) is 11.1 Å². The third kappa shape index (κ3) is 18.5. The lowest BCUT2D eigenvalue weighted by atomic mass is 10.1. The zero-order valence-corrected chi connectivity index (χ0v) is 14.0. The summed E-state index contributed by atoms with van der Waals surface area (Å²) in [5.41, 5.74) is 0. The van der Waals surface area contributed by atoms with Gasteiger partial charge in [-0.25, -0.2) is 0 Å². The monoisotopic (exact) mass is 350 g/mol. The summed E-state index contributed by atoms with van der Waals surface area (Å²) in [7, 11) is 0. The molecule has 0 unspecified atom stereocenters. The van der Waals surface area contributed by atoms with Crippen molar-refractivity contribution in [2.24, 2.45) is 0 Å². The second-order valence-corrected chi connectivity index (χ2v) is 5.07. The molecule has 3 heteroatoms. The van der Waals surface area contributed by atoms with Gasteiger partial charge >= 0.3 is 5.97 Å². The summed E-state index contributed by atoms with van der Waals surface area (Å²) in [5, 5.41) is 8.48. The quantitative estimate of drug-likeness (QED) is 0.466. The van der Waals surface area contributed by atoms with Gasteiger partial charge in [-0.05, 0) is 49.2 Å². The number of unbranched alkanes of at least 4 members (excludes halogenated alkanes) is 6. The number of carboxylic acid groups (broad SMARTS) is 1. The molecule has 0 aliphatic carbocycles. The van der Waals surface area contributed by atoms with Crippen molar-refractivity contribution >= 4 is 21.9 Å². The molecule has 21 heavy (non-hydrogen) atoms. The molecule has 0 spiro atoms. The Hall–Kier alpha value is -1.45.